The van der Waals surface area contributed by atoms with E-state index in [9.17, 15) is 10.5 Å². The van der Waals surface area contributed by atoms with Crippen molar-refractivity contribution in [2.24, 2.45) is 0 Å². The second-order valence-electron chi connectivity index (χ2n) is 14.5. The Morgan fingerprint density at radius 1 is 0.491 bits per heavy atom. The quantitative estimate of drug-likeness (QED) is 0.186. The Bertz CT molecular complexity index is 2620. The average molecular weight is 681 g/mol. The Labute approximate surface area is 310 Å². The van der Waals surface area contributed by atoms with Crippen molar-refractivity contribution in [2.45, 2.75) is 31.1 Å². The molecule has 7 aromatic carbocycles. The Morgan fingerprint density at radius 2 is 1.06 bits per heavy atom. The monoisotopic (exact) mass is 680 g/mol. The van der Waals surface area contributed by atoms with Crippen molar-refractivity contribution in [1.29, 1.82) is 10.5 Å². The number of aryl methyl sites for hydroxylation is 2. The molecule has 0 radical (unpaired) electrons. The fourth-order valence-corrected chi connectivity index (χ4v) is 9.56. The molecule has 53 heavy (non-hydrogen) atoms. The van der Waals surface area contributed by atoms with Gasteiger partial charge in [-0.2, -0.15) is 10.5 Å². The first-order valence-corrected chi connectivity index (χ1v) is 18.6. The standard InChI is InChI=1S/C49H36N4/c50-31-33-19-23-45-35(27-33)11-9-25-52(45)39-21-22-42-43(29-39)49(37-13-3-1-4-14-37,38-15-5-2-6-16-38)44-30-47(40-17-7-8-18-41(40)48(42)44)53-26-10-12-36-28-34(32-51)20-24-46(36)53/h1-8,13-24,27-30H,9-12,25-26H2. The van der Waals surface area contributed by atoms with Crippen LogP contribution >= 0.6 is 0 Å². The van der Waals surface area contributed by atoms with Gasteiger partial charge in [-0.15, -0.1) is 0 Å². The van der Waals surface area contributed by atoms with Gasteiger partial charge in [0.05, 0.1) is 28.7 Å². The molecular weight excluding hydrogens is 645 g/mol. The lowest BCUT2D eigenvalue weighted by molar-refractivity contribution is 0.752. The van der Waals surface area contributed by atoms with Crippen molar-refractivity contribution < 1.29 is 0 Å². The normalized spacial score (nSPS) is 15.1. The summed E-state index contributed by atoms with van der Waals surface area (Å²) < 4.78 is 0. The number of nitrogens with zero attached hydrogens (tertiary/aromatic N) is 4. The molecule has 4 heteroatoms. The summed E-state index contributed by atoms with van der Waals surface area (Å²) in [5.41, 5.74) is 15.6. The van der Waals surface area contributed by atoms with Crippen LogP contribution in [0.2, 0.25) is 0 Å². The van der Waals surface area contributed by atoms with Gasteiger partial charge in [0.15, 0.2) is 0 Å². The lowest BCUT2D eigenvalue weighted by Gasteiger charge is -2.37. The number of fused-ring (bicyclic) bond motifs is 7. The van der Waals surface area contributed by atoms with E-state index in [1.165, 1.54) is 78.0 Å². The Kier molecular flexibility index (Phi) is 7.20. The fraction of sp³-hybridized carbons (Fsp3) is 0.143. The van der Waals surface area contributed by atoms with Crippen LogP contribution in [0.15, 0.2) is 146 Å². The molecule has 0 N–H and O–H groups in total. The SMILES string of the molecule is N#Cc1ccc2c(c1)CCCN2c1ccc2c(c1)C(c1ccccc1)(c1ccccc1)c1cc(N3CCCc4cc(C#N)ccc43)c3ccccc3c1-2. The van der Waals surface area contributed by atoms with Gasteiger partial charge >= 0.3 is 0 Å². The molecule has 10 rings (SSSR count). The van der Waals surface area contributed by atoms with Crippen LogP contribution in [-0.4, -0.2) is 13.1 Å². The highest BCUT2D eigenvalue weighted by Gasteiger charge is 2.48. The van der Waals surface area contributed by atoms with Crippen LogP contribution < -0.4 is 9.80 Å². The van der Waals surface area contributed by atoms with Gasteiger partial charge < -0.3 is 9.80 Å². The summed E-state index contributed by atoms with van der Waals surface area (Å²) in [4.78, 5) is 4.95. The molecule has 252 valence electrons. The number of hydrogen-bond acceptors (Lipinski definition) is 4. The molecule has 0 atom stereocenters. The number of rotatable bonds is 4. The van der Waals surface area contributed by atoms with Crippen molar-refractivity contribution in [3.63, 3.8) is 0 Å². The fourth-order valence-electron chi connectivity index (χ4n) is 9.56. The number of benzene rings is 7. The molecule has 2 heterocycles. The van der Waals surface area contributed by atoms with E-state index in [0.29, 0.717) is 11.1 Å². The van der Waals surface area contributed by atoms with Gasteiger partial charge in [0, 0.05) is 41.2 Å². The Morgan fingerprint density at radius 3 is 1.68 bits per heavy atom. The van der Waals surface area contributed by atoms with Crippen LogP contribution in [0.4, 0.5) is 22.7 Å². The molecule has 0 spiro atoms. The summed E-state index contributed by atoms with van der Waals surface area (Å²) in [5, 5.41) is 21.9. The number of anilines is 4. The van der Waals surface area contributed by atoms with Gasteiger partial charge in [0.25, 0.3) is 0 Å². The molecular formula is C49H36N4. The maximum atomic E-state index is 9.72. The number of nitriles is 2. The predicted molar refractivity (Wildman–Crippen MR) is 214 cm³/mol. The zero-order chi connectivity index (χ0) is 35.5. The van der Waals surface area contributed by atoms with Gasteiger partial charge in [-0.3, -0.25) is 0 Å². The molecule has 0 unspecified atom stereocenters. The summed E-state index contributed by atoms with van der Waals surface area (Å²) in [6.07, 6.45) is 3.99. The van der Waals surface area contributed by atoms with E-state index in [0.717, 1.165) is 38.8 Å². The predicted octanol–water partition coefficient (Wildman–Crippen LogP) is 11.1. The van der Waals surface area contributed by atoms with Crippen molar-refractivity contribution >= 4 is 33.5 Å². The zero-order valence-electron chi connectivity index (χ0n) is 29.4. The Hall–Kier alpha value is -6.62. The minimum atomic E-state index is -0.589. The maximum absolute atomic E-state index is 9.72. The highest BCUT2D eigenvalue weighted by atomic mass is 15.1. The van der Waals surface area contributed by atoms with E-state index in [1.54, 1.807) is 0 Å². The van der Waals surface area contributed by atoms with E-state index in [-0.39, 0.29) is 0 Å². The van der Waals surface area contributed by atoms with Crippen LogP contribution in [0.25, 0.3) is 21.9 Å². The van der Waals surface area contributed by atoms with Crippen LogP contribution in [0, 0.1) is 22.7 Å². The Balaban J connectivity index is 1.28. The minimum Gasteiger partial charge on any atom is -0.341 e. The third-order valence-corrected chi connectivity index (χ3v) is 11.8. The molecule has 0 aromatic heterocycles. The van der Waals surface area contributed by atoms with E-state index in [2.05, 4.69) is 155 Å². The molecule has 2 aliphatic heterocycles. The molecule has 1 aliphatic carbocycles. The summed E-state index contributed by atoms with van der Waals surface area (Å²) in [5.74, 6) is 0. The summed E-state index contributed by atoms with van der Waals surface area (Å²) in [6.45, 7) is 1.83. The lowest BCUT2D eigenvalue weighted by atomic mass is 9.67. The summed E-state index contributed by atoms with van der Waals surface area (Å²) in [7, 11) is 0. The molecule has 0 bridgehead atoms. The van der Waals surface area contributed by atoms with Gasteiger partial charge in [-0.25, -0.2) is 0 Å². The van der Waals surface area contributed by atoms with Crippen molar-refractivity contribution in [1.82, 2.24) is 0 Å². The lowest BCUT2D eigenvalue weighted by Crippen LogP contribution is -2.30. The highest BCUT2D eigenvalue weighted by Crippen LogP contribution is 2.60. The van der Waals surface area contributed by atoms with E-state index >= 15 is 0 Å². The van der Waals surface area contributed by atoms with Crippen LogP contribution in [0.1, 0.15) is 57.3 Å². The topological polar surface area (TPSA) is 54.1 Å². The summed E-state index contributed by atoms with van der Waals surface area (Å²) >= 11 is 0. The first-order valence-electron chi connectivity index (χ1n) is 18.6. The molecule has 0 saturated heterocycles. The van der Waals surface area contributed by atoms with E-state index < -0.39 is 5.41 Å². The smallest absolute Gasteiger partial charge is 0.0991 e. The molecule has 0 saturated carbocycles. The van der Waals surface area contributed by atoms with Crippen LogP contribution in [0.5, 0.6) is 0 Å². The minimum absolute atomic E-state index is 0.589. The van der Waals surface area contributed by atoms with E-state index in [1.807, 2.05) is 12.1 Å². The second-order valence-corrected chi connectivity index (χ2v) is 14.5. The average Bonchev–Trinajstić information content (AvgIpc) is 3.53. The number of hydrogen-bond donors (Lipinski definition) is 0. The molecule has 4 nitrogen and oxygen atoms in total. The third-order valence-electron chi connectivity index (χ3n) is 11.8. The van der Waals surface area contributed by atoms with Gasteiger partial charge in [-0.1, -0.05) is 91.0 Å². The molecule has 0 fully saturated rings. The molecule has 7 aromatic rings. The van der Waals surface area contributed by atoms with Crippen molar-refractivity contribution in [3.8, 4) is 23.3 Å². The van der Waals surface area contributed by atoms with Crippen LogP contribution in [0.3, 0.4) is 0 Å². The summed E-state index contributed by atoms with van der Waals surface area (Å²) in [6, 6.07) is 57.7. The molecule has 3 aliphatic rings. The molecule has 0 amide bonds. The van der Waals surface area contributed by atoms with Gasteiger partial charge in [0.1, 0.15) is 0 Å². The van der Waals surface area contributed by atoms with Crippen molar-refractivity contribution in [2.75, 3.05) is 22.9 Å². The maximum Gasteiger partial charge on any atom is 0.0991 e. The first kappa shape index (κ1) is 31.1. The van der Waals surface area contributed by atoms with Crippen LogP contribution in [-0.2, 0) is 18.3 Å². The third kappa shape index (κ3) is 4.66. The van der Waals surface area contributed by atoms with Gasteiger partial charge in [0.2, 0.25) is 0 Å². The zero-order valence-corrected chi connectivity index (χ0v) is 29.4. The second kappa shape index (κ2) is 12.3. The van der Waals surface area contributed by atoms with Gasteiger partial charge in [-0.05, 0) is 130 Å². The van der Waals surface area contributed by atoms with E-state index in [4.69, 9.17) is 0 Å². The highest BCUT2D eigenvalue weighted by molar-refractivity contribution is 6.10. The largest absolute Gasteiger partial charge is 0.341 e. The van der Waals surface area contributed by atoms with Crippen molar-refractivity contribution in [3.05, 3.63) is 190 Å². The first-order chi connectivity index (χ1) is 26.2.